The van der Waals surface area contributed by atoms with Gasteiger partial charge in [0.05, 0.1) is 29.5 Å². The van der Waals surface area contributed by atoms with Crippen LogP contribution >= 0.6 is 0 Å². The van der Waals surface area contributed by atoms with Gasteiger partial charge in [0.15, 0.2) is 11.6 Å². The maximum atomic E-state index is 15.7. The molecule has 1 aliphatic carbocycles. The number of carboxylic acids is 1. The summed E-state index contributed by atoms with van der Waals surface area (Å²) in [5, 5.41) is 12.7. The maximum absolute atomic E-state index is 15.7. The number of carbonyl (C=O) groups is 1. The SMILES string of the molecule is CNc1cc(F)c(F)c2c1Cc1ncc(-c3cnc4c(c3)c(=O)c(C(=O)O)cn4C)c(N3CCO[C@H](CN(C)C)C3)c1-2. The third kappa shape index (κ3) is 4.47. The van der Waals surface area contributed by atoms with E-state index in [1.807, 2.05) is 19.0 Å². The van der Waals surface area contributed by atoms with E-state index in [1.54, 1.807) is 32.6 Å². The van der Waals surface area contributed by atoms with Crippen molar-refractivity contribution in [3.63, 3.8) is 0 Å². The van der Waals surface area contributed by atoms with E-state index in [1.165, 1.54) is 10.8 Å². The van der Waals surface area contributed by atoms with E-state index >= 15 is 4.39 Å². The molecule has 1 atom stereocenters. The summed E-state index contributed by atoms with van der Waals surface area (Å²) in [6, 6.07) is 2.75. The molecule has 0 saturated carbocycles. The van der Waals surface area contributed by atoms with Crippen molar-refractivity contribution in [3.8, 4) is 22.3 Å². The zero-order valence-electron chi connectivity index (χ0n) is 23.7. The Morgan fingerprint density at radius 2 is 2.00 bits per heavy atom. The van der Waals surface area contributed by atoms with E-state index in [9.17, 15) is 19.1 Å². The van der Waals surface area contributed by atoms with Crippen molar-refractivity contribution >= 4 is 28.4 Å². The van der Waals surface area contributed by atoms with Crippen LogP contribution in [0.1, 0.15) is 21.6 Å². The first-order valence-corrected chi connectivity index (χ1v) is 13.5. The molecule has 6 rings (SSSR count). The number of pyridine rings is 3. The molecular formula is C30H30F2N6O4. The normalized spacial score (nSPS) is 16.2. The molecule has 0 spiro atoms. The summed E-state index contributed by atoms with van der Waals surface area (Å²) >= 11 is 0. The lowest BCUT2D eigenvalue weighted by molar-refractivity contribution is 0.0248. The molecule has 4 heterocycles. The van der Waals surface area contributed by atoms with Gasteiger partial charge in [-0.15, -0.1) is 0 Å². The van der Waals surface area contributed by atoms with E-state index in [4.69, 9.17) is 9.72 Å². The highest BCUT2D eigenvalue weighted by atomic mass is 19.2. The third-order valence-electron chi connectivity index (χ3n) is 7.90. The van der Waals surface area contributed by atoms with Crippen LogP contribution in [0.5, 0.6) is 0 Å². The molecule has 1 aromatic carbocycles. The zero-order valence-corrected chi connectivity index (χ0v) is 23.7. The summed E-state index contributed by atoms with van der Waals surface area (Å²) < 4.78 is 38.1. The number of aromatic carboxylic acids is 1. The van der Waals surface area contributed by atoms with Crippen molar-refractivity contribution in [1.29, 1.82) is 0 Å². The molecule has 0 amide bonds. The Morgan fingerprint density at radius 1 is 1.21 bits per heavy atom. The van der Waals surface area contributed by atoms with Crippen molar-refractivity contribution in [1.82, 2.24) is 19.4 Å². The fourth-order valence-electron chi connectivity index (χ4n) is 6.08. The van der Waals surface area contributed by atoms with E-state index in [2.05, 4.69) is 15.2 Å². The summed E-state index contributed by atoms with van der Waals surface area (Å²) in [4.78, 5) is 38.2. The summed E-state index contributed by atoms with van der Waals surface area (Å²) in [6.45, 7) is 2.06. The number of nitrogens with one attached hydrogen (secondary N) is 1. The van der Waals surface area contributed by atoms with Crippen LogP contribution in [0.3, 0.4) is 0 Å². The second kappa shape index (κ2) is 10.4. The molecule has 1 saturated heterocycles. The Balaban J connectivity index is 1.62. The molecule has 0 unspecified atom stereocenters. The van der Waals surface area contributed by atoms with E-state index in [0.29, 0.717) is 77.6 Å². The largest absolute Gasteiger partial charge is 0.477 e. The first-order chi connectivity index (χ1) is 20.1. The topological polar surface area (TPSA) is 113 Å². The number of rotatable bonds is 6. The van der Waals surface area contributed by atoms with Crippen molar-refractivity contribution in [3.05, 3.63) is 69.4 Å². The van der Waals surface area contributed by atoms with E-state index < -0.39 is 23.0 Å². The quantitative estimate of drug-likeness (QED) is 0.314. The number of hydrogen-bond acceptors (Lipinski definition) is 8. The Bertz CT molecular complexity index is 1820. The number of carboxylic acid groups (broad SMARTS) is 1. The highest BCUT2D eigenvalue weighted by molar-refractivity contribution is 5.98. The minimum absolute atomic E-state index is 0.129. The van der Waals surface area contributed by atoms with Crippen LogP contribution in [-0.2, 0) is 18.2 Å². The summed E-state index contributed by atoms with van der Waals surface area (Å²) in [5.74, 6) is -3.25. The summed E-state index contributed by atoms with van der Waals surface area (Å²) in [5.41, 5.74) is 3.37. The van der Waals surface area contributed by atoms with Gasteiger partial charge in [0.1, 0.15) is 11.2 Å². The number of morpholine rings is 1. The minimum Gasteiger partial charge on any atom is -0.477 e. The molecule has 4 aromatic rings. The molecule has 0 radical (unpaired) electrons. The monoisotopic (exact) mass is 576 g/mol. The first-order valence-electron chi connectivity index (χ1n) is 13.5. The van der Waals surface area contributed by atoms with Crippen LogP contribution < -0.4 is 15.6 Å². The van der Waals surface area contributed by atoms with Gasteiger partial charge < -0.3 is 29.5 Å². The van der Waals surface area contributed by atoms with Crippen LogP contribution in [0.4, 0.5) is 20.2 Å². The molecule has 42 heavy (non-hydrogen) atoms. The van der Waals surface area contributed by atoms with Gasteiger partial charge in [-0.05, 0) is 25.7 Å². The molecule has 2 N–H and O–H groups in total. The van der Waals surface area contributed by atoms with Gasteiger partial charge in [0.25, 0.3) is 0 Å². The lowest BCUT2D eigenvalue weighted by Crippen LogP contribution is -2.46. The van der Waals surface area contributed by atoms with Crippen molar-refractivity contribution in [2.45, 2.75) is 12.5 Å². The minimum atomic E-state index is -1.34. The number of nitrogens with zero attached hydrogens (tertiary/aromatic N) is 5. The summed E-state index contributed by atoms with van der Waals surface area (Å²) in [6.07, 6.45) is 4.67. The smallest absolute Gasteiger partial charge is 0.341 e. The molecular weight excluding hydrogens is 546 g/mol. The predicted octanol–water partition coefficient (Wildman–Crippen LogP) is 3.35. The maximum Gasteiger partial charge on any atom is 0.341 e. The Morgan fingerprint density at radius 3 is 2.71 bits per heavy atom. The molecule has 1 fully saturated rings. The van der Waals surface area contributed by atoms with Crippen molar-refractivity contribution in [2.75, 3.05) is 57.6 Å². The highest BCUT2D eigenvalue weighted by Gasteiger charge is 2.35. The van der Waals surface area contributed by atoms with Crippen molar-refractivity contribution in [2.24, 2.45) is 7.05 Å². The van der Waals surface area contributed by atoms with Gasteiger partial charge in [-0.2, -0.15) is 0 Å². The summed E-state index contributed by atoms with van der Waals surface area (Å²) in [7, 11) is 7.20. The molecule has 0 bridgehead atoms. The van der Waals surface area contributed by atoms with Crippen LogP contribution in [-0.4, -0.2) is 84.0 Å². The number of likely N-dealkylation sites (N-methyl/N-ethyl adjacent to an activating group) is 1. The number of hydrogen-bond donors (Lipinski definition) is 2. The number of anilines is 2. The number of ether oxygens (including phenoxy) is 1. The average Bonchev–Trinajstić information content (AvgIpc) is 3.35. The second-order valence-corrected chi connectivity index (χ2v) is 10.9. The van der Waals surface area contributed by atoms with Crippen LogP contribution in [0, 0.1) is 11.6 Å². The average molecular weight is 577 g/mol. The van der Waals surface area contributed by atoms with E-state index in [-0.39, 0.29) is 22.6 Å². The molecule has 10 nitrogen and oxygen atoms in total. The van der Waals surface area contributed by atoms with Crippen molar-refractivity contribution < 1.29 is 23.4 Å². The Labute approximate surface area is 240 Å². The number of aryl methyl sites for hydroxylation is 1. The van der Waals surface area contributed by atoms with Crippen LogP contribution in [0.2, 0.25) is 0 Å². The van der Waals surface area contributed by atoms with Gasteiger partial charge in [0, 0.05) is 92.7 Å². The zero-order chi connectivity index (χ0) is 29.9. The first kappa shape index (κ1) is 27.7. The number of halogens is 2. The lowest BCUT2D eigenvalue weighted by atomic mass is 9.96. The van der Waals surface area contributed by atoms with Crippen LogP contribution in [0.25, 0.3) is 33.3 Å². The predicted molar refractivity (Wildman–Crippen MR) is 155 cm³/mol. The lowest BCUT2D eigenvalue weighted by Gasteiger charge is -2.37. The Hall–Kier alpha value is -4.42. The molecule has 3 aromatic heterocycles. The van der Waals surface area contributed by atoms with Crippen LogP contribution in [0.15, 0.2) is 35.5 Å². The highest BCUT2D eigenvalue weighted by Crippen LogP contribution is 2.50. The van der Waals surface area contributed by atoms with Gasteiger partial charge in [-0.1, -0.05) is 0 Å². The van der Waals surface area contributed by atoms with Gasteiger partial charge >= 0.3 is 5.97 Å². The van der Waals surface area contributed by atoms with Gasteiger partial charge in [0.2, 0.25) is 5.43 Å². The van der Waals surface area contributed by atoms with E-state index in [0.717, 1.165) is 6.07 Å². The third-order valence-corrected chi connectivity index (χ3v) is 7.90. The standard InChI is InChI=1S/C30H30F2N6O4/c1-33-22-9-21(31)26(32)24-17(22)8-23-25(24)27(38-5-6-42-16(13-38)12-36(2)3)19(11-34-23)15-7-18-28(39)20(30(40)41)14-37(4)29(18)35-10-15/h7,9-11,14,16,33H,5-6,8,12-13H2,1-4H3,(H,40,41)/t16-/m1/s1. The fraction of sp³-hybridized carbons (Fsp3) is 0.333. The number of aromatic nitrogens is 3. The second-order valence-electron chi connectivity index (χ2n) is 10.9. The molecule has 1 aliphatic heterocycles. The van der Waals surface area contributed by atoms with Gasteiger partial charge in [-0.25, -0.2) is 18.6 Å². The Kier molecular flexibility index (Phi) is 6.90. The molecule has 218 valence electrons. The number of fused-ring (bicyclic) bond motifs is 4. The van der Waals surface area contributed by atoms with Gasteiger partial charge in [-0.3, -0.25) is 9.78 Å². The molecule has 2 aliphatic rings. The number of benzene rings is 1. The fourth-order valence-corrected chi connectivity index (χ4v) is 6.08. The molecule has 12 heteroatoms.